The Morgan fingerprint density at radius 2 is 1.50 bits per heavy atom. The molecule has 2 rings (SSSR count). The fourth-order valence-electron chi connectivity index (χ4n) is 2.36. The third kappa shape index (κ3) is 3.17. The van der Waals surface area contributed by atoms with Crippen LogP contribution in [0.3, 0.4) is 0 Å². The molecule has 0 aliphatic carbocycles. The second-order valence-corrected chi connectivity index (χ2v) is 4.76. The number of ether oxygens (including phenoxy) is 3. The molecule has 116 valence electrons. The Bertz CT molecular complexity index is 670. The lowest BCUT2D eigenvalue weighted by molar-refractivity contribution is 0.394. The molecular formula is C18H21NO3. The maximum Gasteiger partial charge on any atom is 0.141 e. The van der Waals surface area contributed by atoms with Crippen molar-refractivity contribution in [1.29, 1.82) is 0 Å². The molecule has 0 atom stereocenters. The molecule has 0 bridgehead atoms. The second-order valence-electron chi connectivity index (χ2n) is 4.76. The van der Waals surface area contributed by atoms with E-state index in [2.05, 4.69) is 0 Å². The molecule has 2 aromatic carbocycles. The summed E-state index contributed by atoms with van der Waals surface area (Å²) in [5.74, 6) is 2.16. The summed E-state index contributed by atoms with van der Waals surface area (Å²) in [4.78, 5) is 0. The fourth-order valence-corrected chi connectivity index (χ4v) is 2.36. The molecule has 22 heavy (non-hydrogen) atoms. The number of nitrogen functional groups attached to an aromatic ring is 1. The highest BCUT2D eigenvalue weighted by atomic mass is 16.5. The number of allylic oxidation sites excluding steroid dienone is 1. The lowest BCUT2D eigenvalue weighted by Crippen LogP contribution is -1.96. The zero-order chi connectivity index (χ0) is 16.1. The highest BCUT2D eigenvalue weighted by Crippen LogP contribution is 2.33. The van der Waals surface area contributed by atoms with Crippen LogP contribution in [0.5, 0.6) is 17.2 Å². The molecular weight excluding hydrogens is 278 g/mol. The van der Waals surface area contributed by atoms with Crippen LogP contribution < -0.4 is 19.9 Å². The van der Waals surface area contributed by atoms with Gasteiger partial charge >= 0.3 is 0 Å². The van der Waals surface area contributed by atoms with Crippen molar-refractivity contribution in [3.05, 3.63) is 53.6 Å². The van der Waals surface area contributed by atoms with Crippen molar-refractivity contribution in [2.24, 2.45) is 0 Å². The van der Waals surface area contributed by atoms with Gasteiger partial charge in [0.2, 0.25) is 0 Å². The summed E-state index contributed by atoms with van der Waals surface area (Å²) < 4.78 is 15.9. The number of methoxy groups -OCH3 is 3. The van der Waals surface area contributed by atoms with Gasteiger partial charge in [0.05, 0.1) is 27.0 Å². The van der Waals surface area contributed by atoms with Crippen LogP contribution in [0.2, 0.25) is 0 Å². The van der Waals surface area contributed by atoms with Crippen LogP contribution in [-0.2, 0) is 0 Å². The van der Waals surface area contributed by atoms with Gasteiger partial charge in [0.15, 0.2) is 0 Å². The van der Waals surface area contributed by atoms with Crippen molar-refractivity contribution < 1.29 is 14.2 Å². The number of benzene rings is 2. The maximum absolute atomic E-state index is 6.01. The summed E-state index contributed by atoms with van der Waals surface area (Å²) >= 11 is 0. The Balaban J connectivity index is 2.51. The molecule has 0 fully saturated rings. The van der Waals surface area contributed by atoms with E-state index in [4.69, 9.17) is 19.9 Å². The standard InChI is InChI=1S/C18H21NO3/c1-5-16(12-6-7-18(22-4)17(19)10-12)13-8-14(20-2)11-15(9-13)21-3/h5-11H,19H2,1-4H3/b16-5+. The highest BCUT2D eigenvalue weighted by Gasteiger charge is 2.10. The largest absolute Gasteiger partial charge is 0.497 e. The Morgan fingerprint density at radius 1 is 0.864 bits per heavy atom. The van der Waals surface area contributed by atoms with E-state index in [-0.39, 0.29) is 0 Å². The second kappa shape index (κ2) is 6.89. The van der Waals surface area contributed by atoms with E-state index in [0.717, 1.165) is 28.2 Å². The van der Waals surface area contributed by atoms with E-state index in [1.165, 1.54) is 0 Å². The fraction of sp³-hybridized carbons (Fsp3) is 0.222. The average molecular weight is 299 g/mol. The van der Waals surface area contributed by atoms with Gasteiger partial charge in [0.25, 0.3) is 0 Å². The molecule has 4 heteroatoms. The van der Waals surface area contributed by atoms with E-state index in [1.807, 2.05) is 49.4 Å². The molecule has 0 aromatic heterocycles. The van der Waals surface area contributed by atoms with Crippen LogP contribution in [0.1, 0.15) is 18.1 Å². The van der Waals surface area contributed by atoms with Crippen molar-refractivity contribution in [1.82, 2.24) is 0 Å². The smallest absolute Gasteiger partial charge is 0.141 e. The van der Waals surface area contributed by atoms with Gasteiger partial charge in [-0.3, -0.25) is 0 Å². The summed E-state index contributed by atoms with van der Waals surface area (Å²) in [6.45, 7) is 1.99. The summed E-state index contributed by atoms with van der Waals surface area (Å²) in [5.41, 5.74) is 9.68. The Labute approximate surface area is 131 Å². The lowest BCUT2D eigenvalue weighted by Gasteiger charge is -2.13. The molecule has 0 amide bonds. The normalized spacial score (nSPS) is 11.2. The van der Waals surface area contributed by atoms with Crippen LogP contribution in [0.15, 0.2) is 42.5 Å². The molecule has 0 spiro atoms. The van der Waals surface area contributed by atoms with Gasteiger partial charge in [0.1, 0.15) is 17.2 Å². The molecule has 0 heterocycles. The van der Waals surface area contributed by atoms with Crippen molar-refractivity contribution in [2.75, 3.05) is 27.1 Å². The number of nitrogens with two attached hydrogens (primary N) is 1. The van der Waals surface area contributed by atoms with Gasteiger partial charge < -0.3 is 19.9 Å². The monoisotopic (exact) mass is 299 g/mol. The van der Waals surface area contributed by atoms with Crippen LogP contribution >= 0.6 is 0 Å². The van der Waals surface area contributed by atoms with Crippen molar-refractivity contribution in [3.63, 3.8) is 0 Å². The molecule has 0 saturated heterocycles. The minimum absolute atomic E-state index is 0.606. The number of hydrogen-bond acceptors (Lipinski definition) is 4. The highest BCUT2D eigenvalue weighted by molar-refractivity contribution is 5.82. The van der Waals surface area contributed by atoms with E-state index in [1.54, 1.807) is 21.3 Å². The number of rotatable bonds is 5. The first-order valence-corrected chi connectivity index (χ1v) is 6.96. The summed E-state index contributed by atoms with van der Waals surface area (Å²) in [5, 5.41) is 0. The van der Waals surface area contributed by atoms with Gasteiger partial charge in [0, 0.05) is 6.07 Å². The van der Waals surface area contributed by atoms with Crippen LogP contribution in [0, 0.1) is 0 Å². The van der Waals surface area contributed by atoms with Gasteiger partial charge in [-0.15, -0.1) is 0 Å². The van der Waals surface area contributed by atoms with E-state index in [0.29, 0.717) is 11.4 Å². The molecule has 2 aromatic rings. The van der Waals surface area contributed by atoms with Gasteiger partial charge in [-0.25, -0.2) is 0 Å². The number of anilines is 1. The van der Waals surface area contributed by atoms with Crippen molar-refractivity contribution in [3.8, 4) is 17.2 Å². The third-order valence-corrected chi connectivity index (χ3v) is 3.49. The van der Waals surface area contributed by atoms with E-state index >= 15 is 0 Å². The van der Waals surface area contributed by atoms with Crippen molar-refractivity contribution in [2.45, 2.75) is 6.92 Å². The maximum atomic E-state index is 6.01. The van der Waals surface area contributed by atoms with Gasteiger partial charge in [-0.05, 0) is 47.9 Å². The first-order chi connectivity index (χ1) is 10.6. The molecule has 0 aliphatic rings. The summed E-state index contributed by atoms with van der Waals surface area (Å²) in [6, 6.07) is 11.5. The third-order valence-electron chi connectivity index (χ3n) is 3.49. The topological polar surface area (TPSA) is 53.7 Å². The molecule has 0 saturated carbocycles. The van der Waals surface area contributed by atoms with Crippen LogP contribution in [0.25, 0.3) is 5.57 Å². The number of hydrogen-bond donors (Lipinski definition) is 1. The lowest BCUT2D eigenvalue weighted by atomic mass is 9.96. The minimum atomic E-state index is 0.606. The van der Waals surface area contributed by atoms with Gasteiger partial charge in [-0.2, -0.15) is 0 Å². The molecule has 0 aliphatic heterocycles. The quantitative estimate of drug-likeness (QED) is 0.854. The molecule has 0 radical (unpaired) electrons. The first kappa shape index (κ1) is 15.8. The van der Waals surface area contributed by atoms with Gasteiger partial charge in [-0.1, -0.05) is 12.1 Å². The first-order valence-electron chi connectivity index (χ1n) is 6.96. The Kier molecular flexibility index (Phi) is 4.94. The van der Waals surface area contributed by atoms with E-state index < -0.39 is 0 Å². The Morgan fingerprint density at radius 3 is 1.95 bits per heavy atom. The predicted octanol–water partition coefficient (Wildman–Crippen LogP) is 3.75. The zero-order valence-electron chi connectivity index (χ0n) is 13.3. The van der Waals surface area contributed by atoms with Crippen LogP contribution in [-0.4, -0.2) is 21.3 Å². The SMILES string of the molecule is C/C=C(/c1cc(OC)cc(OC)c1)c1ccc(OC)c(N)c1. The zero-order valence-corrected chi connectivity index (χ0v) is 13.3. The Hall–Kier alpha value is -2.62. The minimum Gasteiger partial charge on any atom is -0.497 e. The predicted molar refractivity (Wildman–Crippen MR) is 89.7 cm³/mol. The molecule has 4 nitrogen and oxygen atoms in total. The molecule has 0 unspecified atom stereocenters. The summed E-state index contributed by atoms with van der Waals surface area (Å²) in [7, 11) is 4.88. The van der Waals surface area contributed by atoms with Crippen LogP contribution in [0.4, 0.5) is 5.69 Å². The molecule has 2 N–H and O–H groups in total. The average Bonchev–Trinajstić information content (AvgIpc) is 2.55. The summed E-state index contributed by atoms with van der Waals surface area (Å²) in [6.07, 6.45) is 2.04. The van der Waals surface area contributed by atoms with E-state index in [9.17, 15) is 0 Å². The van der Waals surface area contributed by atoms with Crippen molar-refractivity contribution >= 4 is 11.3 Å².